The van der Waals surface area contributed by atoms with Crippen molar-refractivity contribution in [3.63, 3.8) is 0 Å². The Morgan fingerprint density at radius 1 is 1.10 bits per heavy atom. The molecule has 5 nitrogen and oxygen atoms in total. The third-order valence-corrected chi connectivity index (χ3v) is 6.02. The van der Waals surface area contributed by atoms with Crippen LogP contribution in [-0.2, 0) is 0 Å². The Balaban J connectivity index is 1.53. The van der Waals surface area contributed by atoms with Gasteiger partial charge in [-0.3, -0.25) is 4.79 Å². The van der Waals surface area contributed by atoms with Crippen molar-refractivity contribution >= 4 is 22.8 Å². The Labute approximate surface area is 178 Å². The molecule has 0 spiro atoms. The maximum absolute atomic E-state index is 13.7. The van der Waals surface area contributed by atoms with Gasteiger partial charge in [0, 0.05) is 48.3 Å². The number of halogens is 2. The molecule has 2 heterocycles. The maximum atomic E-state index is 13.7. The van der Waals surface area contributed by atoms with Gasteiger partial charge < -0.3 is 9.67 Å². The minimum atomic E-state index is -2.62. The highest BCUT2D eigenvalue weighted by Crippen LogP contribution is 2.35. The first kappa shape index (κ1) is 21.2. The summed E-state index contributed by atoms with van der Waals surface area (Å²) < 4.78 is 29.2. The lowest BCUT2D eigenvalue weighted by Gasteiger charge is -2.24. The van der Waals surface area contributed by atoms with Crippen LogP contribution in [-0.4, -0.2) is 32.3 Å². The van der Waals surface area contributed by atoms with E-state index in [-0.39, 0.29) is 36.5 Å². The van der Waals surface area contributed by atoms with Crippen LogP contribution in [0.25, 0.3) is 16.7 Å². The van der Waals surface area contributed by atoms with Gasteiger partial charge in [0.25, 0.3) is 0 Å². The normalized spacial score (nSPS) is 19.0. The number of pyridine rings is 1. The Morgan fingerprint density at radius 3 is 2.74 bits per heavy atom. The molecule has 0 amide bonds. The molecule has 1 atom stereocenters. The van der Waals surface area contributed by atoms with Crippen LogP contribution < -0.4 is 0 Å². The predicted octanol–water partition coefficient (Wildman–Crippen LogP) is 5.90. The van der Waals surface area contributed by atoms with Crippen LogP contribution >= 0.6 is 0 Å². The average Bonchev–Trinajstić information content (AvgIpc) is 3.17. The number of benzene rings is 1. The molecular formula is C24H24F2N2O3. The van der Waals surface area contributed by atoms with E-state index in [0.29, 0.717) is 29.7 Å². The Kier molecular flexibility index (Phi) is 5.85. The summed E-state index contributed by atoms with van der Waals surface area (Å²) in [4.78, 5) is 28.5. The first-order chi connectivity index (χ1) is 14.8. The first-order valence-electron chi connectivity index (χ1n) is 10.5. The van der Waals surface area contributed by atoms with Crippen LogP contribution in [0.4, 0.5) is 8.78 Å². The summed E-state index contributed by atoms with van der Waals surface area (Å²) in [7, 11) is 0. The lowest BCUT2D eigenvalue weighted by atomic mass is 9.85. The second kappa shape index (κ2) is 8.57. The molecule has 1 unspecified atom stereocenters. The highest BCUT2D eigenvalue weighted by Gasteiger charge is 2.31. The molecule has 0 saturated heterocycles. The fourth-order valence-electron chi connectivity index (χ4n) is 4.26. The Morgan fingerprint density at radius 2 is 1.94 bits per heavy atom. The van der Waals surface area contributed by atoms with E-state index in [4.69, 9.17) is 0 Å². The summed E-state index contributed by atoms with van der Waals surface area (Å²) in [6, 6.07) is 10.1. The number of nitrogens with zero attached hydrogens (tertiary/aromatic N) is 2. The molecule has 162 valence electrons. The number of rotatable bonds is 5. The molecule has 1 N–H and O–H groups in total. The smallest absolute Gasteiger partial charge is 0.335 e. The topological polar surface area (TPSA) is 72.2 Å². The number of Topliss-reactive ketones (excluding diaryl/α,β-unsaturated/α-hetero) is 1. The van der Waals surface area contributed by atoms with Crippen molar-refractivity contribution in [2.75, 3.05) is 0 Å². The van der Waals surface area contributed by atoms with E-state index in [1.807, 2.05) is 6.07 Å². The van der Waals surface area contributed by atoms with E-state index in [9.17, 15) is 23.5 Å². The highest BCUT2D eigenvalue weighted by molar-refractivity contribution is 5.98. The van der Waals surface area contributed by atoms with Crippen molar-refractivity contribution in [2.45, 2.75) is 50.9 Å². The summed E-state index contributed by atoms with van der Waals surface area (Å²) in [5.74, 6) is -3.74. The number of carboxylic acid groups (broad SMARTS) is 1. The lowest BCUT2D eigenvalue weighted by molar-refractivity contribution is -0.0292. The SMILES string of the molecule is O=C(O)c1cccc(-n2ccc3cc(C(=O)CC4CCCCC(F)(F)CC4)cnc32)c1. The number of hydrogen-bond donors (Lipinski definition) is 1. The quantitative estimate of drug-likeness (QED) is 0.516. The summed E-state index contributed by atoms with van der Waals surface area (Å²) >= 11 is 0. The molecule has 0 bridgehead atoms. The van der Waals surface area contributed by atoms with Crippen molar-refractivity contribution in [2.24, 2.45) is 5.92 Å². The highest BCUT2D eigenvalue weighted by atomic mass is 19.3. The van der Waals surface area contributed by atoms with E-state index >= 15 is 0 Å². The van der Waals surface area contributed by atoms with Crippen LogP contribution in [0.2, 0.25) is 0 Å². The summed E-state index contributed by atoms with van der Waals surface area (Å²) in [5, 5.41) is 9.97. The minimum absolute atomic E-state index is 0.0299. The first-order valence-corrected chi connectivity index (χ1v) is 10.5. The molecule has 0 radical (unpaired) electrons. The molecule has 4 rings (SSSR count). The van der Waals surface area contributed by atoms with Gasteiger partial charge in [-0.15, -0.1) is 0 Å². The number of alkyl halides is 2. The fraction of sp³-hybridized carbons (Fsp3) is 0.375. The van der Waals surface area contributed by atoms with E-state index in [0.717, 1.165) is 18.2 Å². The molecule has 0 aliphatic heterocycles. The molecule has 2 aromatic heterocycles. The largest absolute Gasteiger partial charge is 0.478 e. The van der Waals surface area contributed by atoms with Crippen molar-refractivity contribution in [3.05, 3.63) is 59.9 Å². The third kappa shape index (κ3) is 4.81. The molecule has 1 aliphatic carbocycles. The second-order valence-corrected chi connectivity index (χ2v) is 8.31. The number of ketones is 1. The van der Waals surface area contributed by atoms with Gasteiger partial charge in [0.2, 0.25) is 5.92 Å². The molecule has 1 aromatic carbocycles. The van der Waals surface area contributed by atoms with Gasteiger partial charge in [0.1, 0.15) is 5.65 Å². The van der Waals surface area contributed by atoms with Crippen LogP contribution in [0.1, 0.15) is 65.7 Å². The number of aromatic carboxylic acids is 1. The van der Waals surface area contributed by atoms with Crippen molar-refractivity contribution in [1.82, 2.24) is 9.55 Å². The zero-order valence-corrected chi connectivity index (χ0v) is 17.1. The van der Waals surface area contributed by atoms with E-state index < -0.39 is 11.9 Å². The van der Waals surface area contributed by atoms with E-state index in [1.54, 1.807) is 35.0 Å². The van der Waals surface area contributed by atoms with Crippen molar-refractivity contribution < 1.29 is 23.5 Å². The molecule has 1 fully saturated rings. The van der Waals surface area contributed by atoms with Crippen LogP contribution in [0.5, 0.6) is 0 Å². The van der Waals surface area contributed by atoms with Gasteiger partial charge in [0.05, 0.1) is 5.56 Å². The molecule has 1 saturated carbocycles. The van der Waals surface area contributed by atoms with Gasteiger partial charge in [0.15, 0.2) is 5.78 Å². The minimum Gasteiger partial charge on any atom is -0.478 e. The van der Waals surface area contributed by atoms with Gasteiger partial charge in [-0.25, -0.2) is 18.6 Å². The Bertz CT molecular complexity index is 1120. The molecule has 1 aliphatic rings. The standard InChI is InChI=1S/C24H24F2N2O3/c25-24(26)9-2-1-4-16(7-10-24)12-21(29)19-13-17-8-11-28(22(17)27-15-19)20-6-3-5-18(14-20)23(30)31/h3,5-6,8,11,13-16H,1-2,4,7,9-10,12H2,(H,30,31). The Hall–Kier alpha value is -3.09. The van der Waals surface area contributed by atoms with Gasteiger partial charge in [-0.05, 0) is 49.1 Å². The third-order valence-electron chi connectivity index (χ3n) is 6.02. The lowest BCUT2D eigenvalue weighted by Crippen LogP contribution is -2.21. The number of aromatic nitrogens is 2. The van der Waals surface area contributed by atoms with Gasteiger partial charge in [-0.2, -0.15) is 0 Å². The summed E-state index contributed by atoms with van der Waals surface area (Å²) in [5.41, 5.74) is 1.93. The second-order valence-electron chi connectivity index (χ2n) is 8.31. The molecular weight excluding hydrogens is 402 g/mol. The number of hydrogen-bond acceptors (Lipinski definition) is 3. The zero-order valence-electron chi connectivity index (χ0n) is 17.1. The predicted molar refractivity (Wildman–Crippen MR) is 113 cm³/mol. The number of carbonyl (C=O) groups excluding carboxylic acids is 1. The van der Waals surface area contributed by atoms with Crippen LogP contribution in [0.15, 0.2) is 48.8 Å². The van der Waals surface area contributed by atoms with Gasteiger partial charge in [-0.1, -0.05) is 18.9 Å². The van der Waals surface area contributed by atoms with E-state index in [1.165, 1.54) is 12.3 Å². The molecule has 7 heteroatoms. The fourth-order valence-corrected chi connectivity index (χ4v) is 4.26. The van der Waals surface area contributed by atoms with Crippen molar-refractivity contribution in [3.8, 4) is 5.69 Å². The average molecular weight is 426 g/mol. The summed E-state index contributed by atoms with van der Waals surface area (Å²) in [6.45, 7) is 0. The van der Waals surface area contributed by atoms with Crippen molar-refractivity contribution in [1.29, 1.82) is 0 Å². The van der Waals surface area contributed by atoms with E-state index in [2.05, 4.69) is 4.98 Å². The van der Waals surface area contributed by atoms with Crippen LogP contribution in [0, 0.1) is 5.92 Å². The monoisotopic (exact) mass is 426 g/mol. The van der Waals surface area contributed by atoms with Gasteiger partial charge >= 0.3 is 5.97 Å². The molecule has 31 heavy (non-hydrogen) atoms. The maximum Gasteiger partial charge on any atom is 0.335 e. The zero-order chi connectivity index (χ0) is 22.0. The molecule has 3 aromatic rings. The number of carboxylic acids is 1. The van der Waals surface area contributed by atoms with Crippen LogP contribution in [0.3, 0.4) is 0 Å². The number of fused-ring (bicyclic) bond motifs is 1. The summed E-state index contributed by atoms with van der Waals surface area (Å²) in [6.07, 6.45) is 5.73. The number of carbonyl (C=O) groups is 2.